The molecule has 1 aromatic carbocycles. The second kappa shape index (κ2) is 5.34. The highest BCUT2D eigenvalue weighted by atomic mass is 16.5. The van der Waals surface area contributed by atoms with Gasteiger partial charge in [-0.1, -0.05) is 11.5 Å². The van der Waals surface area contributed by atoms with Crippen molar-refractivity contribution in [1.29, 1.82) is 5.26 Å². The minimum absolute atomic E-state index is 0.0453. The van der Waals surface area contributed by atoms with E-state index in [1.165, 1.54) is 0 Å². The zero-order valence-electron chi connectivity index (χ0n) is 9.92. The Balaban J connectivity index is 2.32. The van der Waals surface area contributed by atoms with Gasteiger partial charge >= 0.3 is 0 Å². The summed E-state index contributed by atoms with van der Waals surface area (Å²) in [6.07, 6.45) is 1.57. The molecular weight excluding hydrogens is 227 g/mol. The molecule has 0 saturated carbocycles. The third kappa shape index (κ3) is 2.50. The Labute approximate surface area is 106 Å². The first-order valence-electron chi connectivity index (χ1n) is 5.48. The van der Waals surface area contributed by atoms with Gasteiger partial charge in [0.1, 0.15) is 25.2 Å². The van der Waals surface area contributed by atoms with E-state index < -0.39 is 0 Å². The summed E-state index contributed by atoms with van der Waals surface area (Å²) >= 11 is 0. The third-order valence-corrected chi connectivity index (χ3v) is 2.60. The normalized spacial score (nSPS) is 9.78. The van der Waals surface area contributed by atoms with Gasteiger partial charge in [-0.2, -0.15) is 5.26 Å². The van der Waals surface area contributed by atoms with E-state index >= 15 is 0 Å². The molecule has 0 atom stereocenters. The molecule has 2 aromatic rings. The SMILES string of the molecule is Bc1ccc(Oc2ncccc2C#N)cc1CO. The molecule has 0 unspecified atom stereocenters. The highest BCUT2D eigenvalue weighted by Crippen LogP contribution is 2.22. The fourth-order valence-electron chi connectivity index (χ4n) is 1.55. The van der Waals surface area contributed by atoms with Gasteiger partial charge < -0.3 is 9.84 Å². The Morgan fingerprint density at radius 1 is 1.39 bits per heavy atom. The molecule has 4 nitrogen and oxygen atoms in total. The zero-order valence-corrected chi connectivity index (χ0v) is 9.92. The number of ether oxygens (including phenoxy) is 1. The fraction of sp³-hybridized carbons (Fsp3) is 0.0769. The molecule has 88 valence electrons. The predicted molar refractivity (Wildman–Crippen MR) is 69.6 cm³/mol. The Bertz CT molecular complexity index is 608. The lowest BCUT2D eigenvalue weighted by Crippen LogP contribution is -2.09. The largest absolute Gasteiger partial charge is 0.438 e. The Morgan fingerprint density at radius 2 is 2.22 bits per heavy atom. The van der Waals surface area contributed by atoms with Crippen LogP contribution in [0.3, 0.4) is 0 Å². The minimum atomic E-state index is -0.0453. The van der Waals surface area contributed by atoms with Gasteiger partial charge in [-0.3, -0.25) is 0 Å². The van der Waals surface area contributed by atoms with Crippen LogP contribution in [-0.2, 0) is 6.61 Å². The van der Waals surface area contributed by atoms with Gasteiger partial charge in [0.25, 0.3) is 0 Å². The lowest BCUT2D eigenvalue weighted by molar-refractivity contribution is 0.282. The quantitative estimate of drug-likeness (QED) is 0.790. The van der Waals surface area contributed by atoms with Crippen LogP contribution in [0.15, 0.2) is 36.5 Å². The van der Waals surface area contributed by atoms with Crippen molar-refractivity contribution in [3.05, 3.63) is 47.7 Å². The van der Waals surface area contributed by atoms with E-state index in [-0.39, 0.29) is 12.5 Å². The summed E-state index contributed by atoms with van der Waals surface area (Å²) in [5.41, 5.74) is 2.16. The molecule has 1 heterocycles. The Morgan fingerprint density at radius 3 is 2.94 bits per heavy atom. The van der Waals surface area contributed by atoms with Crippen molar-refractivity contribution in [1.82, 2.24) is 4.98 Å². The van der Waals surface area contributed by atoms with Crippen molar-refractivity contribution in [3.8, 4) is 17.7 Å². The van der Waals surface area contributed by atoms with Gasteiger partial charge in [-0.05, 0) is 29.8 Å². The maximum atomic E-state index is 9.19. The number of benzene rings is 1. The third-order valence-electron chi connectivity index (χ3n) is 2.60. The highest BCUT2D eigenvalue weighted by molar-refractivity contribution is 6.33. The van der Waals surface area contributed by atoms with Crippen molar-refractivity contribution in [2.24, 2.45) is 0 Å². The number of rotatable bonds is 3. The van der Waals surface area contributed by atoms with Crippen LogP contribution in [0, 0.1) is 11.3 Å². The van der Waals surface area contributed by atoms with Gasteiger partial charge in [0.2, 0.25) is 5.88 Å². The lowest BCUT2D eigenvalue weighted by atomic mass is 9.91. The summed E-state index contributed by atoms with van der Waals surface area (Å²) in [7, 11) is 1.91. The maximum absolute atomic E-state index is 9.19. The van der Waals surface area contributed by atoms with Gasteiger partial charge in [0.15, 0.2) is 0 Å². The molecule has 5 heteroatoms. The number of aliphatic hydroxyl groups excluding tert-OH is 1. The average molecular weight is 238 g/mol. The second-order valence-corrected chi connectivity index (χ2v) is 3.82. The van der Waals surface area contributed by atoms with Crippen LogP contribution in [0.5, 0.6) is 11.6 Å². The fourth-order valence-corrected chi connectivity index (χ4v) is 1.55. The van der Waals surface area contributed by atoms with E-state index in [0.29, 0.717) is 11.3 Å². The summed E-state index contributed by atoms with van der Waals surface area (Å²) in [5, 5.41) is 18.1. The van der Waals surface area contributed by atoms with Gasteiger partial charge in [-0.15, -0.1) is 0 Å². The van der Waals surface area contributed by atoms with E-state index in [0.717, 1.165) is 11.0 Å². The molecule has 0 spiro atoms. The molecule has 0 amide bonds. The van der Waals surface area contributed by atoms with E-state index in [1.807, 2.05) is 20.0 Å². The molecule has 0 aliphatic heterocycles. The standard InChI is InChI=1S/C13H11BN2O2/c14-12-4-3-11(6-10(12)8-17)18-13-9(7-15)2-1-5-16-13/h1-6,17H,8,14H2. The van der Waals surface area contributed by atoms with Crippen LogP contribution in [0.25, 0.3) is 0 Å². The van der Waals surface area contributed by atoms with Gasteiger partial charge in [0.05, 0.1) is 6.61 Å². The highest BCUT2D eigenvalue weighted by Gasteiger charge is 2.06. The average Bonchev–Trinajstić information content (AvgIpc) is 2.41. The van der Waals surface area contributed by atoms with Crippen molar-refractivity contribution in [3.63, 3.8) is 0 Å². The van der Waals surface area contributed by atoms with E-state index in [2.05, 4.69) is 4.98 Å². The van der Waals surface area contributed by atoms with Crippen LogP contribution >= 0.6 is 0 Å². The summed E-state index contributed by atoms with van der Waals surface area (Å²) in [6.45, 7) is -0.0453. The molecule has 2 rings (SSSR count). The lowest BCUT2D eigenvalue weighted by Gasteiger charge is -2.08. The minimum Gasteiger partial charge on any atom is -0.438 e. The van der Waals surface area contributed by atoms with Crippen LogP contribution in [0.4, 0.5) is 0 Å². The molecule has 0 aliphatic carbocycles. The molecule has 1 N–H and O–H groups in total. The van der Waals surface area contributed by atoms with Crippen LogP contribution in [0.2, 0.25) is 0 Å². The van der Waals surface area contributed by atoms with Crippen molar-refractivity contribution in [2.45, 2.75) is 6.61 Å². The summed E-state index contributed by atoms with van der Waals surface area (Å²) in [4.78, 5) is 4.02. The van der Waals surface area contributed by atoms with Gasteiger partial charge in [-0.25, -0.2) is 4.98 Å². The predicted octanol–water partition coefficient (Wildman–Crippen LogP) is 0.496. The summed E-state index contributed by atoms with van der Waals surface area (Å²) < 4.78 is 5.55. The molecule has 0 aliphatic rings. The number of hydrogen-bond acceptors (Lipinski definition) is 4. The number of nitriles is 1. The monoisotopic (exact) mass is 238 g/mol. The van der Waals surface area contributed by atoms with E-state index in [4.69, 9.17) is 10.00 Å². The zero-order chi connectivity index (χ0) is 13.0. The number of hydrogen-bond donors (Lipinski definition) is 1. The number of pyridine rings is 1. The Hall–Kier alpha value is -2.32. The first-order chi connectivity index (χ1) is 8.74. The first kappa shape index (κ1) is 12.2. The molecule has 0 fully saturated rings. The smallest absolute Gasteiger partial charge is 0.237 e. The molecule has 0 radical (unpaired) electrons. The molecular formula is C13H11BN2O2. The second-order valence-electron chi connectivity index (χ2n) is 3.82. The topological polar surface area (TPSA) is 66.1 Å². The van der Waals surface area contributed by atoms with Crippen molar-refractivity contribution in [2.75, 3.05) is 0 Å². The summed E-state index contributed by atoms with van der Waals surface area (Å²) in [6, 6.07) is 10.7. The van der Waals surface area contributed by atoms with Crippen LogP contribution in [-0.4, -0.2) is 17.9 Å². The van der Waals surface area contributed by atoms with Crippen LogP contribution in [0.1, 0.15) is 11.1 Å². The number of aromatic nitrogens is 1. The van der Waals surface area contributed by atoms with Crippen molar-refractivity contribution < 1.29 is 9.84 Å². The van der Waals surface area contributed by atoms with E-state index in [1.54, 1.807) is 30.5 Å². The van der Waals surface area contributed by atoms with Crippen LogP contribution < -0.4 is 10.2 Å². The molecule has 0 bridgehead atoms. The molecule has 0 saturated heterocycles. The summed E-state index contributed by atoms with van der Waals surface area (Å²) in [5.74, 6) is 0.826. The maximum Gasteiger partial charge on any atom is 0.237 e. The first-order valence-corrected chi connectivity index (χ1v) is 5.48. The van der Waals surface area contributed by atoms with Crippen molar-refractivity contribution >= 4 is 13.3 Å². The van der Waals surface area contributed by atoms with Gasteiger partial charge in [0, 0.05) is 6.20 Å². The Kier molecular flexibility index (Phi) is 3.61. The number of nitrogens with zero attached hydrogens (tertiary/aromatic N) is 2. The van der Waals surface area contributed by atoms with E-state index in [9.17, 15) is 5.11 Å². The molecule has 18 heavy (non-hydrogen) atoms. The molecule has 1 aromatic heterocycles. The number of aliphatic hydroxyl groups is 1.